The van der Waals surface area contributed by atoms with E-state index < -0.39 is 0 Å². The zero-order chi connectivity index (χ0) is 15.0. The van der Waals surface area contributed by atoms with Gasteiger partial charge in [0.1, 0.15) is 0 Å². The van der Waals surface area contributed by atoms with Gasteiger partial charge in [0.15, 0.2) is 0 Å². The fourth-order valence-corrected chi connectivity index (χ4v) is 9.33. The fourth-order valence-electron chi connectivity index (χ4n) is 6.73. The van der Waals surface area contributed by atoms with Crippen LogP contribution in [0, 0.1) is 29.1 Å². The van der Waals surface area contributed by atoms with E-state index in [1.54, 1.807) is 0 Å². The molecule has 3 unspecified atom stereocenters. The third kappa shape index (κ3) is 2.32. The van der Waals surface area contributed by atoms with E-state index in [0.29, 0.717) is 21.1 Å². The summed E-state index contributed by atoms with van der Waals surface area (Å²) in [6.07, 6.45) is 8.73. The quantitative estimate of drug-likeness (QED) is 0.432. The van der Waals surface area contributed by atoms with Crippen LogP contribution in [-0.2, 0) is 0 Å². The first-order valence-corrected chi connectivity index (χ1v) is 10.7. The van der Waals surface area contributed by atoms with Crippen LogP contribution < -0.4 is 0 Å². The summed E-state index contributed by atoms with van der Waals surface area (Å²) in [4.78, 5) is 3.49. The second-order valence-corrected chi connectivity index (χ2v) is 12.0. The number of hydrogen-bond acceptors (Lipinski definition) is 1. The first-order valence-electron chi connectivity index (χ1n) is 8.13. The second kappa shape index (κ2) is 4.60. The normalized spacial score (nSPS) is 46.0. The van der Waals surface area contributed by atoms with Gasteiger partial charge in [-0.05, 0) is 89.6 Å². The lowest BCUT2D eigenvalue weighted by Crippen LogP contribution is -2.56. The molecule has 5 rings (SSSR count). The molecule has 0 radical (unpaired) electrons. The lowest BCUT2D eigenvalue weighted by Gasteiger charge is -2.66. The highest BCUT2D eigenvalue weighted by Gasteiger charge is 2.62. The van der Waals surface area contributed by atoms with Gasteiger partial charge in [-0.3, -0.25) is 0 Å². The maximum Gasteiger partial charge on any atom is 0.0546 e. The Morgan fingerprint density at radius 3 is 2.24 bits per heavy atom. The van der Waals surface area contributed by atoms with Gasteiger partial charge in [-0.2, -0.15) is 0 Å². The molecule has 4 fully saturated rings. The molecule has 4 bridgehead atoms. The maximum absolute atomic E-state index is 4.16. The van der Waals surface area contributed by atoms with Crippen molar-refractivity contribution in [2.45, 2.75) is 64.1 Å². The van der Waals surface area contributed by atoms with Gasteiger partial charge in [0, 0.05) is 14.2 Å². The van der Waals surface area contributed by atoms with Gasteiger partial charge in [-0.25, -0.2) is 0 Å². The lowest BCUT2D eigenvalue weighted by atomic mass is 9.40. The molecule has 0 spiro atoms. The minimum absolute atomic E-state index is 0.500. The Labute approximate surface area is 149 Å². The molecule has 1 aromatic rings. The summed E-state index contributed by atoms with van der Waals surface area (Å²) in [5.41, 5.74) is 1.70. The summed E-state index contributed by atoms with van der Waals surface area (Å²) in [6.45, 7) is 7.36. The summed E-state index contributed by atoms with van der Waals surface area (Å²) in [7, 11) is 0. The maximum atomic E-state index is 4.16. The number of alkyl halides is 1. The van der Waals surface area contributed by atoms with E-state index in [9.17, 15) is 0 Å². The van der Waals surface area contributed by atoms with Gasteiger partial charge in [0.05, 0.1) is 4.83 Å². The predicted octanol–water partition coefficient (Wildman–Crippen LogP) is 7.25. The van der Waals surface area contributed by atoms with Crippen LogP contribution in [0.1, 0.15) is 67.0 Å². The van der Waals surface area contributed by atoms with Gasteiger partial charge < -0.3 is 0 Å². The molecule has 4 aliphatic carbocycles. The van der Waals surface area contributed by atoms with Crippen LogP contribution in [-0.4, -0.2) is 0 Å². The molecule has 1 aromatic heterocycles. The fraction of sp³-hybridized carbons (Fsp3) is 0.778. The van der Waals surface area contributed by atoms with E-state index in [2.05, 4.69) is 58.7 Å². The average Bonchev–Trinajstić information content (AvgIpc) is 2.64. The smallest absolute Gasteiger partial charge is 0.0546 e. The van der Waals surface area contributed by atoms with Gasteiger partial charge in [0.25, 0.3) is 0 Å². The van der Waals surface area contributed by atoms with E-state index in [1.165, 1.54) is 52.8 Å². The number of halogens is 2. The highest BCUT2D eigenvalue weighted by molar-refractivity contribution is 9.10. The lowest BCUT2D eigenvalue weighted by molar-refractivity contribution is -0.144. The van der Waals surface area contributed by atoms with Crippen molar-refractivity contribution in [1.29, 1.82) is 0 Å². The van der Waals surface area contributed by atoms with Crippen LogP contribution in [0.5, 0.6) is 0 Å². The van der Waals surface area contributed by atoms with Crippen molar-refractivity contribution in [3.63, 3.8) is 0 Å². The standard InChI is InChI=1S/C18H24Br2S/c1-11-13(19)4-14(21-11)15(20)18-7-12-5-16(2,9-18)8-17(3,6-12)10-18/h4,12,15H,5-10H2,1-3H3. The zero-order valence-electron chi connectivity index (χ0n) is 13.1. The van der Waals surface area contributed by atoms with E-state index in [4.69, 9.17) is 0 Å². The topological polar surface area (TPSA) is 0 Å². The van der Waals surface area contributed by atoms with E-state index in [1.807, 2.05) is 11.3 Å². The van der Waals surface area contributed by atoms with Crippen molar-refractivity contribution in [3.05, 3.63) is 20.3 Å². The highest BCUT2D eigenvalue weighted by Crippen LogP contribution is 2.73. The first kappa shape index (κ1) is 15.2. The summed E-state index contributed by atoms with van der Waals surface area (Å²) in [5.74, 6) is 0.973. The Morgan fingerprint density at radius 2 is 1.76 bits per heavy atom. The van der Waals surface area contributed by atoms with Crippen molar-refractivity contribution in [1.82, 2.24) is 0 Å². The molecule has 0 N–H and O–H groups in total. The van der Waals surface area contributed by atoms with Crippen LogP contribution in [0.3, 0.4) is 0 Å². The molecule has 116 valence electrons. The molecule has 4 saturated carbocycles. The largest absolute Gasteiger partial charge is 0.143 e. The molecule has 1 heterocycles. The van der Waals surface area contributed by atoms with Crippen molar-refractivity contribution in [2.75, 3.05) is 0 Å². The minimum Gasteiger partial charge on any atom is -0.143 e. The van der Waals surface area contributed by atoms with Crippen molar-refractivity contribution < 1.29 is 0 Å². The molecule has 0 aromatic carbocycles. The molecule has 3 atom stereocenters. The van der Waals surface area contributed by atoms with E-state index in [0.717, 1.165) is 5.92 Å². The Kier molecular flexibility index (Phi) is 3.33. The van der Waals surface area contributed by atoms with Gasteiger partial charge >= 0.3 is 0 Å². The van der Waals surface area contributed by atoms with E-state index in [-0.39, 0.29) is 0 Å². The molecule has 4 aliphatic rings. The number of rotatable bonds is 2. The van der Waals surface area contributed by atoms with Crippen LogP contribution in [0.4, 0.5) is 0 Å². The molecule has 21 heavy (non-hydrogen) atoms. The summed E-state index contributed by atoms with van der Waals surface area (Å²) in [5, 5.41) is 0. The second-order valence-electron chi connectivity index (χ2n) is 8.91. The molecular formula is C18H24Br2S. The van der Waals surface area contributed by atoms with Crippen LogP contribution in [0.25, 0.3) is 0 Å². The Balaban J connectivity index is 1.73. The Morgan fingerprint density at radius 1 is 1.14 bits per heavy atom. The third-order valence-corrected chi connectivity index (χ3v) is 10.3. The van der Waals surface area contributed by atoms with E-state index >= 15 is 0 Å². The van der Waals surface area contributed by atoms with Crippen molar-refractivity contribution >= 4 is 43.2 Å². The highest BCUT2D eigenvalue weighted by atomic mass is 79.9. The van der Waals surface area contributed by atoms with Gasteiger partial charge in [-0.15, -0.1) is 11.3 Å². The summed E-state index contributed by atoms with van der Waals surface area (Å²) >= 11 is 9.84. The minimum atomic E-state index is 0.500. The van der Waals surface area contributed by atoms with Gasteiger partial charge in [0.2, 0.25) is 0 Å². The van der Waals surface area contributed by atoms with Crippen LogP contribution in [0.15, 0.2) is 10.5 Å². The van der Waals surface area contributed by atoms with Crippen LogP contribution >= 0.6 is 43.2 Å². The molecule has 0 saturated heterocycles. The monoisotopic (exact) mass is 430 g/mol. The Bertz CT molecular complexity index is 553. The number of thiophene rings is 1. The van der Waals surface area contributed by atoms with Gasteiger partial charge in [-0.1, -0.05) is 29.8 Å². The summed E-state index contributed by atoms with van der Waals surface area (Å²) in [6, 6.07) is 2.36. The zero-order valence-corrected chi connectivity index (χ0v) is 17.1. The molecular weight excluding hydrogens is 408 g/mol. The first-order chi connectivity index (χ1) is 9.73. The average molecular weight is 432 g/mol. The Hall–Kier alpha value is 0.660. The van der Waals surface area contributed by atoms with Crippen LogP contribution in [0.2, 0.25) is 0 Å². The molecule has 0 nitrogen and oxygen atoms in total. The van der Waals surface area contributed by atoms with Crippen molar-refractivity contribution in [3.8, 4) is 0 Å². The number of hydrogen-bond donors (Lipinski definition) is 0. The predicted molar refractivity (Wildman–Crippen MR) is 98.3 cm³/mol. The molecule has 0 amide bonds. The SMILES string of the molecule is Cc1sc(C(Br)C23CC4CC(C)(CC(C)(C4)C2)C3)cc1Br. The molecule has 0 aliphatic heterocycles. The molecule has 3 heteroatoms. The van der Waals surface area contributed by atoms with Crippen molar-refractivity contribution in [2.24, 2.45) is 22.2 Å². The number of aryl methyl sites for hydroxylation is 1. The summed E-state index contributed by atoms with van der Waals surface area (Å²) < 4.78 is 1.29. The third-order valence-electron chi connectivity index (χ3n) is 6.33.